The highest BCUT2D eigenvalue weighted by Gasteiger charge is 2.46. The van der Waals surface area contributed by atoms with Gasteiger partial charge >= 0.3 is 5.97 Å². The van der Waals surface area contributed by atoms with Crippen molar-refractivity contribution in [2.24, 2.45) is 5.41 Å². The number of hydrogen-bond donors (Lipinski definition) is 2. The highest BCUT2D eigenvalue weighted by atomic mass is 16.4. The Kier molecular flexibility index (Phi) is 5.12. The van der Waals surface area contributed by atoms with E-state index in [4.69, 9.17) is 0 Å². The van der Waals surface area contributed by atoms with Crippen LogP contribution in [0.2, 0.25) is 0 Å². The number of benzene rings is 1. The van der Waals surface area contributed by atoms with Gasteiger partial charge in [-0.25, -0.2) is 0 Å². The van der Waals surface area contributed by atoms with Crippen molar-refractivity contribution in [3.05, 3.63) is 35.9 Å². The van der Waals surface area contributed by atoms with Crippen LogP contribution in [0, 0.1) is 5.41 Å². The van der Waals surface area contributed by atoms with E-state index in [1.165, 1.54) is 5.56 Å². The molecule has 2 rings (SSSR count). The molecule has 0 aromatic heterocycles. The van der Waals surface area contributed by atoms with E-state index < -0.39 is 11.4 Å². The van der Waals surface area contributed by atoms with Gasteiger partial charge in [0.15, 0.2) is 0 Å². The van der Waals surface area contributed by atoms with Crippen LogP contribution in [0.15, 0.2) is 30.3 Å². The lowest BCUT2D eigenvalue weighted by molar-refractivity contribution is -0.157. The molecule has 0 aliphatic heterocycles. The molecule has 0 spiro atoms. The minimum Gasteiger partial charge on any atom is -0.481 e. The molecule has 1 fully saturated rings. The molecule has 1 aliphatic carbocycles. The molecular weight excluding hydrogens is 290 g/mol. The van der Waals surface area contributed by atoms with Gasteiger partial charge in [-0.2, -0.15) is 0 Å². The highest BCUT2D eigenvalue weighted by Crippen LogP contribution is 2.44. The zero-order valence-electron chi connectivity index (χ0n) is 14.3. The maximum atomic E-state index is 12.4. The van der Waals surface area contributed by atoms with Crippen molar-refractivity contribution in [1.29, 1.82) is 0 Å². The van der Waals surface area contributed by atoms with Crippen molar-refractivity contribution < 1.29 is 14.7 Å². The molecule has 1 saturated carbocycles. The van der Waals surface area contributed by atoms with E-state index in [9.17, 15) is 14.7 Å². The number of hydrogen-bond acceptors (Lipinski definition) is 2. The lowest BCUT2D eigenvalue weighted by atomic mass is 9.66. The predicted octanol–water partition coefficient (Wildman–Crippen LogP) is 3.50. The molecule has 0 saturated heterocycles. The highest BCUT2D eigenvalue weighted by molar-refractivity contribution is 5.85. The van der Waals surface area contributed by atoms with Gasteiger partial charge in [0.05, 0.1) is 5.41 Å². The van der Waals surface area contributed by atoms with Crippen molar-refractivity contribution in [2.45, 2.75) is 64.3 Å². The fourth-order valence-corrected chi connectivity index (χ4v) is 3.48. The predicted molar refractivity (Wildman–Crippen MR) is 90.2 cm³/mol. The molecule has 1 aromatic carbocycles. The quantitative estimate of drug-likeness (QED) is 0.809. The zero-order valence-corrected chi connectivity index (χ0v) is 14.3. The Hall–Kier alpha value is -1.84. The van der Waals surface area contributed by atoms with Crippen molar-refractivity contribution in [3.63, 3.8) is 0 Å². The standard InChI is InChI=1S/C19H27NO3/c1-4-15(18(2,3)14-9-6-5-7-10-14)20-16(21)13-19(17(22)23)11-8-12-19/h5-7,9-10,15H,4,8,11-13H2,1-3H3,(H,20,21)(H,22,23). The summed E-state index contributed by atoms with van der Waals surface area (Å²) in [4.78, 5) is 23.9. The number of nitrogens with one attached hydrogen (secondary N) is 1. The van der Waals surface area contributed by atoms with Crippen molar-refractivity contribution in [1.82, 2.24) is 5.32 Å². The summed E-state index contributed by atoms with van der Waals surface area (Å²) < 4.78 is 0. The molecule has 2 N–H and O–H groups in total. The molecule has 0 bridgehead atoms. The summed E-state index contributed by atoms with van der Waals surface area (Å²) in [6.45, 7) is 6.28. The molecule has 1 atom stereocenters. The monoisotopic (exact) mass is 317 g/mol. The average molecular weight is 317 g/mol. The largest absolute Gasteiger partial charge is 0.481 e. The van der Waals surface area contributed by atoms with E-state index in [2.05, 4.69) is 31.3 Å². The third kappa shape index (κ3) is 3.57. The summed E-state index contributed by atoms with van der Waals surface area (Å²) in [6, 6.07) is 10.1. The van der Waals surface area contributed by atoms with Crippen LogP contribution in [0.1, 0.15) is 58.4 Å². The van der Waals surface area contributed by atoms with Crippen molar-refractivity contribution in [2.75, 3.05) is 0 Å². The van der Waals surface area contributed by atoms with E-state index in [0.29, 0.717) is 12.8 Å². The second kappa shape index (κ2) is 6.73. The van der Waals surface area contributed by atoms with Gasteiger partial charge in [0.1, 0.15) is 0 Å². The number of carbonyl (C=O) groups is 2. The summed E-state index contributed by atoms with van der Waals surface area (Å²) in [5.74, 6) is -0.989. The van der Waals surface area contributed by atoms with Gasteiger partial charge in [0.2, 0.25) is 5.91 Å². The Morgan fingerprint density at radius 2 is 1.87 bits per heavy atom. The molecular formula is C19H27NO3. The van der Waals surface area contributed by atoms with Crippen LogP contribution in [-0.4, -0.2) is 23.0 Å². The van der Waals surface area contributed by atoms with Gasteiger partial charge in [-0.05, 0) is 24.8 Å². The zero-order chi connectivity index (χ0) is 17.1. The SMILES string of the molecule is CCC(NC(=O)CC1(C(=O)O)CCC1)C(C)(C)c1ccccc1. The van der Waals surface area contributed by atoms with Crippen LogP contribution in [0.25, 0.3) is 0 Å². The van der Waals surface area contributed by atoms with Crippen LogP contribution < -0.4 is 5.32 Å². The number of carboxylic acids is 1. The summed E-state index contributed by atoms with van der Waals surface area (Å²) in [6.07, 6.45) is 2.99. The Balaban J connectivity index is 2.07. The third-order valence-electron chi connectivity index (χ3n) is 5.40. The van der Waals surface area contributed by atoms with E-state index in [-0.39, 0.29) is 23.8 Å². The van der Waals surface area contributed by atoms with Crippen LogP contribution in [0.5, 0.6) is 0 Å². The lowest BCUT2D eigenvalue weighted by Crippen LogP contribution is -2.50. The van der Waals surface area contributed by atoms with E-state index in [0.717, 1.165) is 12.8 Å². The molecule has 126 valence electrons. The summed E-state index contributed by atoms with van der Waals surface area (Å²) >= 11 is 0. The maximum Gasteiger partial charge on any atom is 0.310 e. The number of carboxylic acid groups (broad SMARTS) is 1. The summed E-state index contributed by atoms with van der Waals surface area (Å²) in [5.41, 5.74) is 0.129. The minimum atomic E-state index is -0.839. The van der Waals surface area contributed by atoms with Crippen LogP contribution in [0.3, 0.4) is 0 Å². The molecule has 0 radical (unpaired) electrons. The topological polar surface area (TPSA) is 66.4 Å². The lowest BCUT2D eigenvalue weighted by Gasteiger charge is -2.39. The first-order valence-corrected chi connectivity index (χ1v) is 8.40. The van der Waals surface area contributed by atoms with Crippen LogP contribution in [0.4, 0.5) is 0 Å². The van der Waals surface area contributed by atoms with Gasteiger partial charge in [0.25, 0.3) is 0 Å². The van der Waals surface area contributed by atoms with E-state index in [1.54, 1.807) is 0 Å². The molecule has 1 unspecified atom stereocenters. The third-order valence-corrected chi connectivity index (χ3v) is 5.40. The summed E-state index contributed by atoms with van der Waals surface area (Å²) in [5, 5.41) is 12.5. The molecule has 4 nitrogen and oxygen atoms in total. The van der Waals surface area contributed by atoms with Gasteiger partial charge in [-0.1, -0.05) is 57.5 Å². The second-order valence-corrected chi connectivity index (χ2v) is 7.23. The normalized spacial score (nSPS) is 17.9. The Morgan fingerprint density at radius 3 is 2.30 bits per heavy atom. The Morgan fingerprint density at radius 1 is 1.26 bits per heavy atom. The van der Waals surface area contributed by atoms with Gasteiger partial charge in [0, 0.05) is 17.9 Å². The molecule has 0 heterocycles. The van der Waals surface area contributed by atoms with Crippen LogP contribution in [-0.2, 0) is 15.0 Å². The van der Waals surface area contributed by atoms with E-state index >= 15 is 0 Å². The second-order valence-electron chi connectivity index (χ2n) is 7.23. The average Bonchev–Trinajstić information content (AvgIpc) is 2.48. The van der Waals surface area contributed by atoms with Crippen LogP contribution >= 0.6 is 0 Å². The Bertz CT molecular complexity index is 561. The van der Waals surface area contributed by atoms with Crippen molar-refractivity contribution >= 4 is 11.9 Å². The smallest absolute Gasteiger partial charge is 0.310 e. The van der Waals surface area contributed by atoms with Gasteiger partial charge < -0.3 is 10.4 Å². The fourth-order valence-electron chi connectivity index (χ4n) is 3.48. The molecule has 4 heteroatoms. The molecule has 1 amide bonds. The first kappa shape index (κ1) is 17.5. The molecule has 1 aliphatic rings. The molecule has 1 aromatic rings. The van der Waals surface area contributed by atoms with E-state index in [1.807, 2.05) is 25.1 Å². The first-order chi connectivity index (χ1) is 10.8. The number of aliphatic carboxylic acids is 1. The first-order valence-electron chi connectivity index (χ1n) is 8.40. The minimum absolute atomic E-state index is 0.0247. The number of carbonyl (C=O) groups excluding carboxylic acids is 1. The number of amides is 1. The van der Waals surface area contributed by atoms with Gasteiger partial charge in [-0.3, -0.25) is 9.59 Å². The summed E-state index contributed by atoms with van der Waals surface area (Å²) in [7, 11) is 0. The number of rotatable bonds is 7. The van der Waals surface area contributed by atoms with Gasteiger partial charge in [-0.15, -0.1) is 0 Å². The van der Waals surface area contributed by atoms with Crippen molar-refractivity contribution in [3.8, 4) is 0 Å². The Labute approximate surface area is 138 Å². The molecule has 23 heavy (non-hydrogen) atoms. The maximum absolute atomic E-state index is 12.4. The fraction of sp³-hybridized carbons (Fsp3) is 0.579.